The first kappa shape index (κ1) is 15.5. The summed E-state index contributed by atoms with van der Waals surface area (Å²) in [5.41, 5.74) is 6.83. The van der Waals surface area contributed by atoms with Crippen LogP contribution in [0.4, 0.5) is 0 Å². The molecule has 1 heterocycles. The molecule has 0 aliphatic carbocycles. The number of ether oxygens (including phenoxy) is 1. The second kappa shape index (κ2) is 7.19. The number of amides is 2. The van der Waals surface area contributed by atoms with Crippen molar-refractivity contribution in [3.05, 3.63) is 35.9 Å². The Morgan fingerprint density at radius 3 is 2.81 bits per heavy atom. The lowest BCUT2D eigenvalue weighted by Crippen LogP contribution is -2.51. The van der Waals surface area contributed by atoms with Gasteiger partial charge in [0.1, 0.15) is 6.04 Å². The monoisotopic (exact) mass is 291 g/mol. The Morgan fingerprint density at radius 2 is 2.14 bits per heavy atom. The molecule has 21 heavy (non-hydrogen) atoms. The number of nitrogens with one attached hydrogen (secondary N) is 1. The first-order valence-electron chi connectivity index (χ1n) is 7.03. The van der Waals surface area contributed by atoms with Gasteiger partial charge < -0.3 is 20.7 Å². The van der Waals surface area contributed by atoms with Gasteiger partial charge in [0.05, 0.1) is 12.7 Å². The van der Waals surface area contributed by atoms with E-state index >= 15 is 0 Å². The molecule has 2 atom stereocenters. The van der Waals surface area contributed by atoms with Crippen LogP contribution in [-0.4, -0.2) is 49.1 Å². The summed E-state index contributed by atoms with van der Waals surface area (Å²) in [6, 6.07) is 8.64. The molecule has 1 saturated heterocycles. The fourth-order valence-electron chi connectivity index (χ4n) is 2.30. The number of hydrogen-bond acceptors (Lipinski definition) is 4. The highest BCUT2D eigenvalue weighted by atomic mass is 16.5. The summed E-state index contributed by atoms with van der Waals surface area (Å²) in [5, 5.41) is 2.70. The summed E-state index contributed by atoms with van der Waals surface area (Å²) < 4.78 is 5.54. The van der Waals surface area contributed by atoms with E-state index in [1.54, 1.807) is 4.90 Å². The normalized spacial score (nSPS) is 19.9. The largest absolute Gasteiger partial charge is 0.373 e. The van der Waals surface area contributed by atoms with Gasteiger partial charge in [-0.05, 0) is 5.56 Å². The highest BCUT2D eigenvalue weighted by molar-refractivity contribution is 5.83. The molecule has 0 bridgehead atoms. The van der Waals surface area contributed by atoms with Crippen LogP contribution in [0, 0.1) is 0 Å². The molecule has 2 amide bonds. The van der Waals surface area contributed by atoms with Crippen molar-refractivity contribution < 1.29 is 14.3 Å². The van der Waals surface area contributed by atoms with Gasteiger partial charge in [0.15, 0.2) is 0 Å². The molecule has 1 aliphatic rings. The molecule has 2 unspecified atom stereocenters. The second-order valence-electron chi connectivity index (χ2n) is 5.10. The lowest BCUT2D eigenvalue weighted by molar-refractivity contribution is -0.140. The van der Waals surface area contributed by atoms with Gasteiger partial charge >= 0.3 is 0 Å². The number of hydrogen-bond donors (Lipinski definition) is 2. The maximum Gasteiger partial charge on any atom is 0.244 e. The quantitative estimate of drug-likeness (QED) is 0.821. The lowest BCUT2D eigenvalue weighted by Gasteiger charge is -2.34. The summed E-state index contributed by atoms with van der Waals surface area (Å²) in [5.74, 6) is -0.222. The van der Waals surface area contributed by atoms with Crippen LogP contribution in [0.25, 0.3) is 0 Å². The van der Waals surface area contributed by atoms with Crippen LogP contribution < -0.4 is 11.1 Å². The number of nitrogens with zero attached hydrogens (tertiary/aromatic N) is 1. The van der Waals surface area contributed by atoms with Crippen LogP contribution in [0.15, 0.2) is 30.3 Å². The molecular weight excluding hydrogens is 270 g/mol. The maximum absolute atomic E-state index is 12.4. The predicted molar refractivity (Wildman–Crippen MR) is 78.4 cm³/mol. The van der Waals surface area contributed by atoms with Crippen molar-refractivity contribution in [2.24, 2.45) is 5.73 Å². The van der Waals surface area contributed by atoms with Gasteiger partial charge in [-0.3, -0.25) is 9.59 Å². The molecule has 2 rings (SSSR count). The van der Waals surface area contributed by atoms with Crippen LogP contribution in [0.2, 0.25) is 0 Å². The summed E-state index contributed by atoms with van der Waals surface area (Å²) in [6.45, 7) is 3.28. The van der Waals surface area contributed by atoms with Gasteiger partial charge in [0.2, 0.25) is 11.8 Å². The third-order valence-electron chi connectivity index (χ3n) is 3.45. The summed E-state index contributed by atoms with van der Waals surface area (Å²) in [4.78, 5) is 25.1. The van der Waals surface area contributed by atoms with E-state index in [0.717, 1.165) is 5.56 Å². The van der Waals surface area contributed by atoms with E-state index in [0.29, 0.717) is 26.2 Å². The third kappa shape index (κ3) is 4.27. The molecule has 1 aliphatic heterocycles. The highest BCUT2D eigenvalue weighted by Gasteiger charge is 2.28. The van der Waals surface area contributed by atoms with E-state index in [4.69, 9.17) is 10.5 Å². The Morgan fingerprint density at radius 1 is 1.43 bits per heavy atom. The van der Waals surface area contributed by atoms with Gasteiger partial charge in [-0.15, -0.1) is 0 Å². The van der Waals surface area contributed by atoms with Crippen molar-refractivity contribution in [1.82, 2.24) is 10.2 Å². The molecule has 0 aromatic heterocycles. The average Bonchev–Trinajstić information content (AvgIpc) is 2.52. The summed E-state index contributed by atoms with van der Waals surface area (Å²) in [6.07, 6.45) is -0.186. The van der Waals surface area contributed by atoms with Gasteiger partial charge in [0, 0.05) is 26.6 Å². The number of benzene rings is 1. The average molecular weight is 291 g/mol. The maximum atomic E-state index is 12.4. The van der Waals surface area contributed by atoms with E-state index in [9.17, 15) is 9.59 Å². The zero-order valence-corrected chi connectivity index (χ0v) is 12.1. The van der Waals surface area contributed by atoms with Crippen LogP contribution in [0.5, 0.6) is 0 Å². The minimum absolute atomic E-state index is 0.108. The fourth-order valence-corrected chi connectivity index (χ4v) is 2.30. The second-order valence-corrected chi connectivity index (χ2v) is 5.10. The Hall–Kier alpha value is -1.92. The van der Waals surface area contributed by atoms with Crippen molar-refractivity contribution in [1.29, 1.82) is 0 Å². The van der Waals surface area contributed by atoms with Gasteiger partial charge in [-0.2, -0.15) is 0 Å². The van der Waals surface area contributed by atoms with Crippen molar-refractivity contribution in [3.8, 4) is 0 Å². The predicted octanol–water partition coefficient (Wildman–Crippen LogP) is 0.0499. The van der Waals surface area contributed by atoms with Crippen molar-refractivity contribution in [2.75, 3.05) is 26.2 Å². The number of carbonyl (C=O) groups excluding carboxylic acids is 2. The minimum Gasteiger partial charge on any atom is -0.373 e. The van der Waals surface area contributed by atoms with Crippen LogP contribution in [0.1, 0.15) is 18.5 Å². The molecule has 0 spiro atoms. The van der Waals surface area contributed by atoms with E-state index in [-0.39, 0.29) is 17.9 Å². The summed E-state index contributed by atoms with van der Waals surface area (Å²) >= 11 is 0. The third-order valence-corrected chi connectivity index (χ3v) is 3.45. The van der Waals surface area contributed by atoms with Gasteiger partial charge in [-0.25, -0.2) is 0 Å². The molecule has 1 aromatic rings. The Kier molecular flexibility index (Phi) is 5.30. The number of carbonyl (C=O) groups is 2. The molecule has 114 valence electrons. The van der Waals surface area contributed by atoms with Crippen LogP contribution in [0.3, 0.4) is 0 Å². The molecule has 1 fully saturated rings. The van der Waals surface area contributed by atoms with Crippen LogP contribution in [-0.2, 0) is 14.3 Å². The molecule has 6 nitrogen and oxygen atoms in total. The molecule has 0 saturated carbocycles. The number of nitrogens with two attached hydrogens (primary N) is 1. The zero-order chi connectivity index (χ0) is 15.2. The number of morpholine rings is 1. The van der Waals surface area contributed by atoms with Gasteiger partial charge in [-0.1, -0.05) is 30.3 Å². The molecule has 3 N–H and O–H groups in total. The Labute approximate surface area is 124 Å². The Bertz CT molecular complexity index is 492. The standard InChI is InChI=1S/C15H21N3O3/c1-11(19)17-9-13-10-18(7-8-21-13)15(20)14(16)12-5-3-2-4-6-12/h2-6,13-14H,7-10,16H2,1H3,(H,17,19). The fraction of sp³-hybridized carbons (Fsp3) is 0.467. The van der Waals surface area contributed by atoms with Crippen LogP contribution >= 0.6 is 0 Å². The van der Waals surface area contributed by atoms with E-state index in [1.165, 1.54) is 6.92 Å². The minimum atomic E-state index is -0.661. The topological polar surface area (TPSA) is 84.7 Å². The lowest BCUT2D eigenvalue weighted by atomic mass is 10.1. The van der Waals surface area contributed by atoms with E-state index in [2.05, 4.69) is 5.32 Å². The first-order chi connectivity index (χ1) is 10.1. The zero-order valence-electron chi connectivity index (χ0n) is 12.1. The van der Waals surface area contributed by atoms with E-state index < -0.39 is 6.04 Å². The Balaban J connectivity index is 1.94. The smallest absolute Gasteiger partial charge is 0.244 e. The molecular formula is C15H21N3O3. The SMILES string of the molecule is CC(=O)NCC1CN(C(=O)C(N)c2ccccc2)CCO1. The number of rotatable bonds is 4. The molecule has 6 heteroatoms. The first-order valence-corrected chi connectivity index (χ1v) is 7.03. The molecule has 1 aromatic carbocycles. The van der Waals surface area contributed by atoms with E-state index in [1.807, 2.05) is 30.3 Å². The molecule has 0 radical (unpaired) electrons. The summed E-state index contributed by atoms with van der Waals surface area (Å²) in [7, 11) is 0. The van der Waals surface area contributed by atoms with Crippen molar-refractivity contribution in [2.45, 2.75) is 19.1 Å². The van der Waals surface area contributed by atoms with Gasteiger partial charge in [0.25, 0.3) is 0 Å². The van der Waals surface area contributed by atoms with Crippen molar-refractivity contribution in [3.63, 3.8) is 0 Å². The highest BCUT2D eigenvalue weighted by Crippen LogP contribution is 2.15. The van der Waals surface area contributed by atoms with Crippen molar-refractivity contribution >= 4 is 11.8 Å².